The average Bonchev–Trinajstić information content (AvgIpc) is 2.18. The van der Waals surface area contributed by atoms with Crippen LogP contribution in [0, 0.1) is 0 Å². The molecular weight excluding hydrogens is 190 g/mol. The molecule has 2 N–H and O–H groups in total. The van der Waals surface area contributed by atoms with Gasteiger partial charge in [0.25, 0.3) is 0 Å². The van der Waals surface area contributed by atoms with Gasteiger partial charge in [0.2, 0.25) is 0 Å². The second-order valence-electron chi connectivity index (χ2n) is 3.70. The number of nitrogens with one attached hydrogen (secondary N) is 1. The van der Waals surface area contributed by atoms with Gasteiger partial charge in [0.15, 0.2) is 5.78 Å². The van der Waals surface area contributed by atoms with Crippen molar-refractivity contribution in [1.29, 1.82) is 0 Å². The zero-order chi connectivity index (χ0) is 11.3. The summed E-state index contributed by atoms with van der Waals surface area (Å²) in [5.74, 6) is 0.0746. The number of aliphatic hydroxyl groups is 1. The quantitative estimate of drug-likeness (QED) is 0.727. The maximum absolute atomic E-state index is 11.0. The molecular formula is C12H17NO2. The fourth-order valence-corrected chi connectivity index (χ4v) is 1.25. The van der Waals surface area contributed by atoms with Gasteiger partial charge in [-0.3, -0.25) is 4.79 Å². The zero-order valence-electron chi connectivity index (χ0n) is 9.16. The van der Waals surface area contributed by atoms with Gasteiger partial charge in [-0.2, -0.15) is 0 Å². The first-order chi connectivity index (χ1) is 7.09. The van der Waals surface area contributed by atoms with Crippen LogP contribution in [-0.2, 0) is 0 Å². The van der Waals surface area contributed by atoms with Crippen LogP contribution in [0.25, 0.3) is 0 Å². The summed E-state index contributed by atoms with van der Waals surface area (Å²) in [6, 6.07) is 7.34. The highest BCUT2D eigenvalue weighted by molar-refractivity contribution is 5.94. The number of anilines is 1. The van der Waals surface area contributed by atoms with Gasteiger partial charge in [0.05, 0.1) is 6.10 Å². The molecule has 1 aromatic rings. The highest BCUT2D eigenvalue weighted by Crippen LogP contribution is 2.10. The van der Waals surface area contributed by atoms with E-state index in [1.165, 1.54) is 0 Å². The predicted molar refractivity (Wildman–Crippen MR) is 61.2 cm³/mol. The molecule has 15 heavy (non-hydrogen) atoms. The number of carbonyl (C=O) groups excluding carboxylic acids is 1. The third-order valence-corrected chi connectivity index (χ3v) is 2.18. The van der Waals surface area contributed by atoms with Gasteiger partial charge in [0.1, 0.15) is 0 Å². The van der Waals surface area contributed by atoms with Crippen molar-refractivity contribution >= 4 is 11.5 Å². The number of rotatable bonds is 5. The van der Waals surface area contributed by atoms with Crippen LogP contribution in [-0.4, -0.2) is 23.5 Å². The Morgan fingerprint density at radius 1 is 1.40 bits per heavy atom. The number of hydrogen-bond acceptors (Lipinski definition) is 3. The van der Waals surface area contributed by atoms with Crippen molar-refractivity contribution in [2.45, 2.75) is 26.4 Å². The zero-order valence-corrected chi connectivity index (χ0v) is 9.16. The summed E-state index contributed by atoms with van der Waals surface area (Å²) in [5, 5.41) is 12.2. The van der Waals surface area contributed by atoms with Gasteiger partial charge in [-0.15, -0.1) is 0 Å². The van der Waals surface area contributed by atoms with Crippen LogP contribution in [0.4, 0.5) is 5.69 Å². The Labute approximate surface area is 90.1 Å². The minimum atomic E-state index is -0.283. The Balaban J connectivity index is 2.46. The normalized spacial score (nSPS) is 12.2. The topological polar surface area (TPSA) is 49.3 Å². The van der Waals surface area contributed by atoms with Crippen LogP contribution >= 0.6 is 0 Å². The standard InChI is InChI=1S/C12H17NO2/c1-9(14)7-8-13-12-5-3-11(4-6-12)10(2)15/h3-6,9,13-14H,7-8H2,1-2H3. The van der Waals surface area contributed by atoms with Crippen LogP contribution in [0.2, 0.25) is 0 Å². The molecule has 0 saturated heterocycles. The molecule has 3 nitrogen and oxygen atoms in total. The van der Waals surface area contributed by atoms with Crippen molar-refractivity contribution in [3.8, 4) is 0 Å². The van der Waals surface area contributed by atoms with Crippen molar-refractivity contribution in [3.05, 3.63) is 29.8 Å². The summed E-state index contributed by atoms with van der Waals surface area (Å²) >= 11 is 0. The molecule has 1 atom stereocenters. The Hall–Kier alpha value is -1.35. The molecule has 0 spiro atoms. The average molecular weight is 207 g/mol. The van der Waals surface area contributed by atoms with Crippen molar-refractivity contribution < 1.29 is 9.90 Å². The SMILES string of the molecule is CC(=O)c1ccc(NCCC(C)O)cc1. The van der Waals surface area contributed by atoms with E-state index in [1.807, 2.05) is 12.1 Å². The number of carbonyl (C=O) groups is 1. The van der Waals surface area contributed by atoms with Gasteiger partial charge in [-0.25, -0.2) is 0 Å². The van der Waals surface area contributed by atoms with Crippen molar-refractivity contribution in [3.63, 3.8) is 0 Å². The Kier molecular flexibility index (Phi) is 4.31. The van der Waals surface area contributed by atoms with Crippen molar-refractivity contribution in [2.24, 2.45) is 0 Å². The summed E-state index contributed by atoms with van der Waals surface area (Å²) in [4.78, 5) is 11.0. The molecule has 0 amide bonds. The molecule has 0 aromatic heterocycles. The first kappa shape index (κ1) is 11.7. The second-order valence-corrected chi connectivity index (χ2v) is 3.70. The van der Waals surface area contributed by atoms with E-state index in [0.717, 1.165) is 17.8 Å². The monoisotopic (exact) mass is 207 g/mol. The molecule has 1 rings (SSSR count). The first-order valence-corrected chi connectivity index (χ1v) is 5.12. The molecule has 0 radical (unpaired) electrons. The van der Waals surface area contributed by atoms with E-state index >= 15 is 0 Å². The Morgan fingerprint density at radius 2 is 2.00 bits per heavy atom. The highest BCUT2D eigenvalue weighted by atomic mass is 16.3. The van der Waals surface area contributed by atoms with Crippen LogP contribution in [0.1, 0.15) is 30.6 Å². The molecule has 1 aromatic carbocycles. The van der Waals surface area contributed by atoms with Crippen LogP contribution in [0.3, 0.4) is 0 Å². The van der Waals surface area contributed by atoms with Gasteiger partial charge in [0, 0.05) is 17.8 Å². The van der Waals surface area contributed by atoms with E-state index in [0.29, 0.717) is 6.42 Å². The molecule has 0 saturated carbocycles. The third kappa shape index (κ3) is 4.13. The largest absolute Gasteiger partial charge is 0.393 e. The van der Waals surface area contributed by atoms with E-state index in [9.17, 15) is 4.79 Å². The van der Waals surface area contributed by atoms with E-state index in [2.05, 4.69) is 5.32 Å². The van der Waals surface area contributed by atoms with Crippen molar-refractivity contribution in [2.75, 3.05) is 11.9 Å². The minimum Gasteiger partial charge on any atom is -0.393 e. The minimum absolute atomic E-state index is 0.0746. The molecule has 0 bridgehead atoms. The van der Waals surface area contributed by atoms with Crippen molar-refractivity contribution in [1.82, 2.24) is 0 Å². The second kappa shape index (κ2) is 5.51. The summed E-state index contributed by atoms with van der Waals surface area (Å²) < 4.78 is 0. The summed E-state index contributed by atoms with van der Waals surface area (Å²) in [6.07, 6.45) is 0.433. The first-order valence-electron chi connectivity index (χ1n) is 5.12. The lowest BCUT2D eigenvalue weighted by Crippen LogP contribution is -2.09. The molecule has 0 aliphatic heterocycles. The van der Waals surface area contributed by atoms with E-state index in [-0.39, 0.29) is 11.9 Å². The summed E-state index contributed by atoms with van der Waals surface area (Å²) in [5.41, 5.74) is 1.69. The van der Waals surface area contributed by atoms with Gasteiger partial charge in [-0.1, -0.05) is 0 Å². The van der Waals surface area contributed by atoms with E-state index in [1.54, 1.807) is 26.0 Å². The highest BCUT2D eigenvalue weighted by Gasteiger charge is 1.99. The summed E-state index contributed by atoms with van der Waals surface area (Å²) in [7, 11) is 0. The van der Waals surface area contributed by atoms with E-state index < -0.39 is 0 Å². The number of Topliss-reactive ketones (excluding diaryl/α,β-unsaturated/α-hetero) is 1. The molecule has 0 heterocycles. The lowest BCUT2D eigenvalue weighted by molar-refractivity contribution is 0.101. The number of ketones is 1. The lowest BCUT2D eigenvalue weighted by atomic mass is 10.1. The maximum atomic E-state index is 11.0. The lowest BCUT2D eigenvalue weighted by Gasteiger charge is -2.08. The predicted octanol–water partition coefficient (Wildman–Crippen LogP) is 2.07. The van der Waals surface area contributed by atoms with Crippen LogP contribution in [0.15, 0.2) is 24.3 Å². The molecule has 82 valence electrons. The smallest absolute Gasteiger partial charge is 0.159 e. The fourth-order valence-electron chi connectivity index (χ4n) is 1.25. The van der Waals surface area contributed by atoms with Gasteiger partial charge >= 0.3 is 0 Å². The molecule has 3 heteroatoms. The number of benzene rings is 1. The van der Waals surface area contributed by atoms with Crippen LogP contribution < -0.4 is 5.32 Å². The Morgan fingerprint density at radius 3 is 2.47 bits per heavy atom. The molecule has 0 aliphatic carbocycles. The van der Waals surface area contributed by atoms with Gasteiger partial charge < -0.3 is 10.4 Å². The molecule has 0 fully saturated rings. The third-order valence-electron chi connectivity index (χ3n) is 2.18. The summed E-state index contributed by atoms with van der Waals surface area (Å²) in [6.45, 7) is 4.05. The maximum Gasteiger partial charge on any atom is 0.159 e. The Bertz CT molecular complexity index is 317. The fraction of sp³-hybridized carbons (Fsp3) is 0.417. The molecule has 1 unspecified atom stereocenters. The van der Waals surface area contributed by atoms with E-state index in [4.69, 9.17) is 5.11 Å². The molecule has 0 aliphatic rings. The van der Waals surface area contributed by atoms with Crippen LogP contribution in [0.5, 0.6) is 0 Å². The number of hydrogen-bond donors (Lipinski definition) is 2. The number of aliphatic hydroxyl groups excluding tert-OH is 1. The van der Waals surface area contributed by atoms with Gasteiger partial charge in [-0.05, 0) is 44.5 Å².